The van der Waals surface area contributed by atoms with Gasteiger partial charge in [-0.25, -0.2) is 0 Å². The topological polar surface area (TPSA) is 79.4 Å². The molecular formula is C15H13N3O3. The third kappa shape index (κ3) is 1.65. The molecule has 4 atom stereocenters. The molecule has 6 nitrogen and oxygen atoms in total. The van der Waals surface area contributed by atoms with Gasteiger partial charge in [0.2, 0.25) is 0 Å². The Labute approximate surface area is 120 Å². The third-order valence-corrected chi connectivity index (χ3v) is 4.61. The van der Waals surface area contributed by atoms with Gasteiger partial charge in [0.25, 0.3) is 17.7 Å². The van der Waals surface area contributed by atoms with Crippen molar-refractivity contribution in [3.05, 3.63) is 42.2 Å². The lowest BCUT2D eigenvalue weighted by atomic mass is 9.85. The average Bonchev–Trinajstić information content (AvgIpc) is 3.18. The molecule has 1 aliphatic heterocycles. The molecule has 2 fully saturated rings. The molecule has 0 unspecified atom stereocenters. The van der Waals surface area contributed by atoms with Crippen LogP contribution in [0.2, 0.25) is 0 Å². The number of hydrogen-bond acceptors (Lipinski definition) is 4. The van der Waals surface area contributed by atoms with Crippen molar-refractivity contribution in [2.75, 3.05) is 0 Å². The second-order valence-corrected chi connectivity index (χ2v) is 5.69. The van der Waals surface area contributed by atoms with Crippen molar-refractivity contribution in [3.8, 4) is 0 Å². The fourth-order valence-corrected chi connectivity index (χ4v) is 3.68. The average molecular weight is 283 g/mol. The molecular weight excluding hydrogens is 270 g/mol. The number of fused-ring (bicyclic) bond motifs is 5. The van der Waals surface area contributed by atoms with Crippen LogP contribution in [-0.4, -0.2) is 27.7 Å². The summed E-state index contributed by atoms with van der Waals surface area (Å²) in [5, 5.41) is 0.900. The van der Waals surface area contributed by atoms with Crippen LogP contribution in [0.25, 0.3) is 0 Å². The second-order valence-electron chi connectivity index (χ2n) is 5.69. The predicted octanol–water partition coefficient (Wildman–Crippen LogP) is 0.533. The normalized spacial score (nSPS) is 32.7. The third-order valence-electron chi connectivity index (χ3n) is 4.61. The number of amides is 3. The summed E-state index contributed by atoms with van der Waals surface area (Å²) in [6, 6.07) is 3.21. The van der Waals surface area contributed by atoms with Gasteiger partial charge in [0.1, 0.15) is 0 Å². The summed E-state index contributed by atoms with van der Waals surface area (Å²) in [7, 11) is 0. The van der Waals surface area contributed by atoms with Crippen LogP contribution in [0.3, 0.4) is 0 Å². The van der Waals surface area contributed by atoms with Crippen molar-refractivity contribution in [2.24, 2.45) is 23.7 Å². The van der Waals surface area contributed by atoms with E-state index in [4.69, 9.17) is 0 Å². The number of nitrogens with one attached hydrogen (secondary N) is 1. The zero-order valence-electron chi connectivity index (χ0n) is 11.1. The smallest absolute Gasteiger partial charge is 0.271 e. The summed E-state index contributed by atoms with van der Waals surface area (Å²) in [5.41, 5.74) is 2.74. The van der Waals surface area contributed by atoms with Crippen molar-refractivity contribution in [2.45, 2.75) is 6.42 Å². The molecule has 1 aromatic heterocycles. The first-order chi connectivity index (χ1) is 10.2. The number of hydrazine groups is 1. The van der Waals surface area contributed by atoms with Crippen LogP contribution < -0.4 is 5.43 Å². The minimum Gasteiger partial charge on any atom is -0.272 e. The standard InChI is InChI=1S/C15H13N3O3/c19-13(10-2-1-5-16-7-10)17-18-14(20)11-8-3-4-9(6-8)12(11)15(18)21/h1-5,7-9,11-12H,6H2,(H,17,19)/t8-,9+,11-,12-/m0/s1. The number of carbonyl (C=O) groups excluding carboxylic acids is 3. The Kier molecular flexibility index (Phi) is 2.48. The van der Waals surface area contributed by atoms with E-state index in [2.05, 4.69) is 10.4 Å². The summed E-state index contributed by atoms with van der Waals surface area (Å²) in [4.78, 5) is 40.7. The molecule has 2 bridgehead atoms. The molecule has 0 radical (unpaired) electrons. The first-order valence-corrected chi connectivity index (χ1v) is 6.94. The van der Waals surface area contributed by atoms with E-state index in [0.29, 0.717) is 5.56 Å². The Morgan fingerprint density at radius 1 is 1.19 bits per heavy atom. The highest BCUT2D eigenvalue weighted by atomic mass is 16.2. The van der Waals surface area contributed by atoms with E-state index in [9.17, 15) is 14.4 Å². The van der Waals surface area contributed by atoms with Crippen LogP contribution in [0.1, 0.15) is 16.8 Å². The van der Waals surface area contributed by atoms with Crippen molar-refractivity contribution in [1.29, 1.82) is 0 Å². The van der Waals surface area contributed by atoms with Crippen LogP contribution >= 0.6 is 0 Å². The van der Waals surface area contributed by atoms with Crippen molar-refractivity contribution in [1.82, 2.24) is 15.4 Å². The molecule has 0 aromatic carbocycles. The van der Waals surface area contributed by atoms with Gasteiger partial charge in [-0.15, -0.1) is 0 Å². The van der Waals surface area contributed by atoms with E-state index in [1.54, 1.807) is 18.3 Å². The van der Waals surface area contributed by atoms with Gasteiger partial charge in [0, 0.05) is 12.4 Å². The quantitative estimate of drug-likeness (QED) is 0.634. The van der Waals surface area contributed by atoms with Gasteiger partial charge in [-0.3, -0.25) is 24.8 Å². The van der Waals surface area contributed by atoms with Crippen LogP contribution in [0.4, 0.5) is 0 Å². The van der Waals surface area contributed by atoms with Gasteiger partial charge in [0.15, 0.2) is 0 Å². The summed E-state index contributed by atoms with van der Waals surface area (Å²) in [6.45, 7) is 0. The number of carbonyl (C=O) groups is 3. The number of hydrogen-bond donors (Lipinski definition) is 1. The number of aromatic nitrogens is 1. The fourth-order valence-electron chi connectivity index (χ4n) is 3.68. The van der Waals surface area contributed by atoms with Gasteiger partial charge < -0.3 is 0 Å². The van der Waals surface area contributed by atoms with E-state index in [1.807, 2.05) is 12.2 Å². The molecule has 1 saturated carbocycles. The molecule has 3 aliphatic rings. The Morgan fingerprint density at radius 3 is 2.43 bits per heavy atom. The fraction of sp³-hybridized carbons (Fsp3) is 0.333. The van der Waals surface area contributed by atoms with E-state index in [1.165, 1.54) is 6.20 Å². The van der Waals surface area contributed by atoms with E-state index < -0.39 is 5.91 Å². The van der Waals surface area contributed by atoms with Crippen LogP contribution in [0.15, 0.2) is 36.7 Å². The number of imide groups is 1. The number of allylic oxidation sites excluding steroid dienone is 2. The predicted molar refractivity (Wildman–Crippen MR) is 71.3 cm³/mol. The summed E-state index contributed by atoms with van der Waals surface area (Å²) < 4.78 is 0. The van der Waals surface area contributed by atoms with Gasteiger partial charge in [-0.2, -0.15) is 5.01 Å². The van der Waals surface area contributed by atoms with Crippen molar-refractivity contribution in [3.63, 3.8) is 0 Å². The lowest BCUT2D eigenvalue weighted by Gasteiger charge is -2.17. The molecule has 6 heteroatoms. The highest BCUT2D eigenvalue weighted by molar-refractivity contribution is 6.08. The van der Waals surface area contributed by atoms with Gasteiger partial charge in [-0.05, 0) is 30.4 Å². The lowest BCUT2D eigenvalue weighted by Crippen LogP contribution is -2.47. The van der Waals surface area contributed by atoms with Gasteiger partial charge >= 0.3 is 0 Å². The SMILES string of the molecule is O=C(NN1C(=O)[C@@H]2[C@@H](C1=O)[C@H]1C=C[C@@H]2C1)c1cccnc1. The monoisotopic (exact) mass is 283 g/mol. The highest BCUT2D eigenvalue weighted by Crippen LogP contribution is 2.52. The number of rotatable bonds is 2. The van der Waals surface area contributed by atoms with Gasteiger partial charge in [0.05, 0.1) is 17.4 Å². The number of nitrogens with zero attached hydrogens (tertiary/aromatic N) is 2. The van der Waals surface area contributed by atoms with Gasteiger partial charge in [-0.1, -0.05) is 12.2 Å². The molecule has 2 aliphatic carbocycles. The molecule has 1 N–H and O–H groups in total. The lowest BCUT2D eigenvalue weighted by molar-refractivity contribution is -0.143. The summed E-state index contributed by atoms with van der Waals surface area (Å²) in [5.74, 6) is -1.42. The largest absolute Gasteiger partial charge is 0.272 e. The second kappa shape index (κ2) is 4.25. The Hall–Kier alpha value is -2.50. The van der Waals surface area contributed by atoms with Crippen molar-refractivity contribution >= 4 is 17.7 Å². The van der Waals surface area contributed by atoms with E-state index >= 15 is 0 Å². The van der Waals surface area contributed by atoms with Crippen LogP contribution in [0.5, 0.6) is 0 Å². The maximum Gasteiger partial charge on any atom is 0.271 e. The first-order valence-electron chi connectivity index (χ1n) is 6.94. The minimum absolute atomic E-state index is 0.136. The van der Waals surface area contributed by atoms with Crippen molar-refractivity contribution < 1.29 is 14.4 Å². The summed E-state index contributed by atoms with van der Waals surface area (Å²) in [6.07, 6.45) is 7.85. The Morgan fingerprint density at radius 2 is 1.86 bits per heavy atom. The Bertz CT molecular complexity index is 640. The molecule has 3 amide bonds. The minimum atomic E-state index is -0.495. The van der Waals surface area contributed by atoms with E-state index in [0.717, 1.165) is 11.4 Å². The molecule has 1 aromatic rings. The molecule has 4 rings (SSSR count). The zero-order valence-corrected chi connectivity index (χ0v) is 11.1. The maximum absolute atomic E-state index is 12.4. The van der Waals surface area contributed by atoms with Crippen LogP contribution in [0, 0.1) is 23.7 Å². The van der Waals surface area contributed by atoms with Crippen LogP contribution in [-0.2, 0) is 9.59 Å². The molecule has 0 spiro atoms. The molecule has 106 valence electrons. The maximum atomic E-state index is 12.4. The Balaban J connectivity index is 1.56. The number of pyridine rings is 1. The highest BCUT2D eigenvalue weighted by Gasteiger charge is 2.59. The molecule has 21 heavy (non-hydrogen) atoms. The van der Waals surface area contributed by atoms with E-state index in [-0.39, 0.29) is 35.5 Å². The molecule has 2 heterocycles. The first kappa shape index (κ1) is 12.3. The zero-order chi connectivity index (χ0) is 14.6. The summed E-state index contributed by atoms with van der Waals surface area (Å²) >= 11 is 0. The molecule has 1 saturated heterocycles.